The van der Waals surface area contributed by atoms with Gasteiger partial charge in [0, 0.05) is 0 Å². The minimum absolute atomic E-state index is 0.0991. The maximum atomic E-state index is 11.6. The molecular weight excluding hydrogens is 332 g/mol. The predicted octanol–water partition coefficient (Wildman–Crippen LogP) is 3.46. The van der Waals surface area contributed by atoms with E-state index in [2.05, 4.69) is 12.0 Å². The van der Waals surface area contributed by atoms with Crippen molar-refractivity contribution in [1.82, 2.24) is 5.01 Å². The van der Waals surface area contributed by atoms with Crippen LogP contribution < -0.4 is 9.47 Å². The van der Waals surface area contributed by atoms with Crippen molar-refractivity contribution in [3.05, 3.63) is 23.8 Å². The summed E-state index contributed by atoms with van der Waals surface area (Å²) in [7, 11) is 0. The van der Waals surface area contributed by atoms with Crippen LogP contribution in [0.3, 0.4) is 0 Å². The number of thioether (sulfide) groups is 1. The number of nitrogens with zero attached hydrogens (tertiary/aromatic N) is 2. The third-order valence-electron chi connectivity index (χ3n) is 3.22. The number of amides is 1. The lowest BCUT2D eigenvalue weighted by atomic mass is 10.2. The Morgan fingerprint density at radius 3 is 2.83 bits per heavy atom. The summed E-state index contributed by atoms with van der Waals surface area (Å²) in [5.74, 6) is 1.63. The number of benzene rings is 1. The molecule has 0 N–H and O–H groups in total. The monoisotopic (exact) mass is 352 g/mol. The predicted molar refractivity (Wildman–Crippen MR) is 97.5 cm³/mol. The number of hydrazone groups is 1. The number of thiocarbonyl (C=S) groups is 1. The number of hydrogen-bond donors (Lipinski definition) is 0. The molecule has 1 amide bonds. The Bertz CT molecular complexity index is 603. The average molecular weight is 352 g/mol. The van der Waals surface area contributed by atoms with Crippen LogP contribution in [0.25, 0.3) is 0 Å². The zero-order chi connectivity index (χ0) is 16.8. The van der Waals surface area contributed by atoms with Crippen molar-refractivity contribution in [1.29, 1.82) is 0 Å². The zero-order valence-electron chi connectivity index (χ0n) is 13.4. The minimum atomic E-state index is -0.0991. The van der Waals surface area contributed by atoms with E-state index in [1.54, 1.807) is 6.21 Å². The Morgan fingerprint density at radius 2 is 2.22 bits per heavy atom. The van der Waals surface area contributed by atoms with Crippen LogP contribution in [0.1, 0.15) is 32.8 Å². The topological polar surface area (TPSA) is 51.1 Å². The SMILES string of the molecule is CCOc1cc(/C=N/N2C(=O)CSC2=S)ccc1O[C@@H](C)CC. The Kier molecular flexibility index (Phi) is 6.41. The van der Waals surface area contributed by atoms with E-state index < -0.39 is 0 Å². The Hall–Kier alpha value is -1.60. The van der Waals surface area contributed by atoms with Crippen LogP contribution in [0.2, 0.25) is 0 Å². The molecule has 23 heavy (non-hydrogen) atoms. The van der Waals surface area contributed by atoms with Gasteiger partial charge in [0.25, 0.3) is 5.91 Å². The fraction of sp³-hybridized carbons (Fsp3) is 0.438. The summed E-state index contributed by atoms with van der Waals surface area (Å²) in [6, 6.07) is 5.58. The smallest absolute Gasteiger partial charge is 0.259 e. The summed E-state index contributed by atoms with van der Waals surface area (Å²) in [6.07, 6.45) is 2.64. The first-order chi connectivity index (χ1) is 11.0. The summed E-state index contributed by atoms with van der Waals surface area (Å²) >= 11 is 6.41. The largest absolute Gasteiger partial charge is 0.490 e. The van der Waals surface area contributed by atoms with Crippen LogP contribution in [0.5, 0.6) is 11.5 Å². The molecule has 124 valence electrons. The molecule has 0 aliphatic carbocycles. The molecule has 5 nitrogen and oxygen atoms in total. The minimum Gasteiger partial charge on any atom is -0.490 e. The van der Waals surface area contributed by atoms with Crippen molar-refractivity contribution in [3.63, 3.8) is 0 Å². The molecule has 1 aliphatic rings. The van der Waals surface area contributed by atoms with Crippen LogP contribution in [0.4, 0.5) is 0 Å². The Morgan fingerprint density at radius 1 is 1.43 bits per heavy atom. The molecule has 2 rings (SSSR count). The van der Waals surface area contributed by atoms with Crippen molar-refractivity contribution in [2.24, 2.45) is 5.10 Å². The van der Waals surface area contributed by atoms with E-state index in [1.807, 2.05) is 32.0 Å². The first kappa shape index (κ1) is 17.7. The Balaban J connectivity index is 2.18. The molecule has 1 heterocycles. The molecular formula is C16H20N2O3S2. The third kappa shape index (κ3) is 4.68. The second kappa shape index (κ2) is 8.31. The highest BCUT2D eigenvalue weighted by Gasteiger charge is 2.25. The van der Waals surface area contributed by atoms with E-state index in [0.29, 0.717) is 28.2 Å². The van der Waals surface area contributed by atoms with Gasteiger partial charge in [-0.05, 0) is 44.0 Å². The highest BCUT2D eigenvalue weighted by Crippen LogP contribution is 2.29. The van der Waals surface area contributed by atoms with Gasteiger partial charge in [-0.25, -0.2) is 0 Å². The molecule has 7 heteroatoms. The van der Waals surface area contributed by atoms with Gasteiger partial charge in [0.1, 0.15) is 0 Å². The van der Waals surface area contributed by atoms with Gasteiger partial charge in [-0.3, -0.25) is 4.79 Å². The molecule has 1 aromatic rings. The van der Waals surface area contributed by atoms with Gasteiger partial charge in [0.05, 0.1) is 24.7 Å². The van der Waals surface area contributed by atoms with Gasteiger partial charge in [0.2, 0.25) is 0 Å². The van der Waals surface area contributed by atoms with Crippen LogP contribution in [0.15, 0.2) is 23.3 Å². The molecule has 0 radical (unpaired) electrons. The van der Waals surface area contributed by atoms with E-state index in [9.17, 15) is 4.79 Å². The highest BCUT2D eigenvalue weighted by atomic mass is 32.2. The summed E-state index contributed by atoms with van der Waals surface area (Å²) in [4.78, 5) is 11.6. The molecule has 1 aliphatic heterocycles. The third-order valence-corrected chi connectivity index (χ3v) is 4.56. The molecule has 0 aromatic heterocycles. The molecule has 1 saturated heterocycles. The lowest BCUT2D eigenvalue weighted by Gasteiger charge is -2.16. The molecule has 1 fully saturated rings. The van der Waals surface area contributed by atoms with Gasteiger partial charge < -0.3 is 9.47 Å². The second-order valence-electron chi connectivity index (χ2n) is 4.98. The number of hydrogen-bond acceptors (Lipinski definition) is 6. The van der Waals surface area contributed by atoms with Gasteiger partial charge in [-0.2, -0.15) is 10.1 Å². The number of carbonyl (C=O) groups is 1. The van der Waals surface area contributed by atoms with E-state index in [4.69, 9.17) is 21.7 Å². The van der Waals surface area contributed by atoms with Crippen LogP contribution in [-0.2, 0) is 4.79 Å². The summed E-state index contributed by atoms with van der Waals surface area (Å²) in [6.45, 7) is 6.55. The maximum Gasteiger partial charge on any atom is 0.259 e. The molecule has 0 unspecified atom stereocenters. The summed E-state index contributed by atoms with van der Waals surface area (Å²) in [5, 5.41) is 5.42. The number of rotatable bonds is 7. The van der Waals surface area contributed by atoms with E-state index in [1.165, 1.54) is 16.8 Å². The summed E-state index contributed by atoms with van der Waals surface area (Å²) < 4.78 is 12.0. The maximum absolute atomic E-state index is 11.6. The number of carbonyl (C=O) groups excluding carboxylic acids is 1. The summed E-state index contributed by atoms with van der Waals surface area (Å²) in [5.41, 5.74) is 0.817. The first-order valence-corrected chi connectivity index (χ1v) is 8.91. The fourth-order valence-electron chi connectivity index (χ4n) is 1.85. The highest BCUT2D eigenvalue weighted by molar-refractivity contribution is 8.23. The molecule has 0 bridgehead atoms. The van der Waals surface area contributed by atoms with Crippen LogP contribution in [0, 0.1) is 0 Å². The van der Waals surface area contributed by atoms with Gasteiger partial charge in [0.15, 0.2) is 15.8 Å². The van der Waals surface area contributed by atoms with Crippen molar-refractivity contribution in [3.8, 4) is 11.5 Å². The normalized spacial score (nSPS) is 16.2. The van der Waals surface area contributed by atoms with Crippen molar-refractivity contribution in [2.45, 2.75) is 33.3 Å². The van der Waals surface area contributed by atoms with E-state index in [-0.39, 0.29) is 12.0 Å². The zero-order valence-corrected chi connectivity index (χ0v) is 15.1. The quantitative estimate of drug-likeness (QED) is 0.556. The van der Waals surface area contributed by atoms with Crippen molar-refractivity contribution < 1.29 is 14.3 Å². The van der Waals surface area contributed by atoms with Crippen molar-refractivity contribution >= 4 is 40.4 Å². The standard InChI is InChI=1S/C16H20N2O3S2/c1-4-11(3)21-13-7-6-12(8-14(13)20-5-2)9-17-18-15(19)10-23-16(18)22/h6-9,11H,4-5,10H2,1-3H3/b17-9+/t11-/m0/s1. The number of ether oxygens (including phenoxy) is 2. The van der Waals surface area contributed by atoms with Gasteiger partial charge >= 0.3 is 0 Å². The fourth-order valence-corrected chi connectivity index (χ4v) is 2.82. The van der Waals surface area contributed by atoms with E-state index >= 15 is 0 Å². The van der Waals surface area contributed by atoms with Crippen LogP contribution in [-0.4, -0.2) is 39.9 Å². The first-order valence-electron chi connectivity index (χ1n) is 7.52. The van der Waals surface area contributed by atoms with Gasteiger partial charge in [-0.15, -0.1) is 0 Å². The molecule has 0 spiro atoms. The lowest BCUT2D eigenvalue weighted by molar-refractivity contribution is -0.123. The molecule has 1 aromatic carbocycles. The van der Waals surface area contributed by atoms with Crippen LogP contribution >= 0.6 is 24.0 Å². The average Bonchev–Trinajstić information content (AvgIpc) is 2.86. The van der Waals surface area contributed by atoms with Crippen molar-refractivity contribution in [2.75, 3.05) is 12.4 Å². The molecule has 1 atom stereocenters. The van der Waals surface area contributed by atoms with Gasteiger partial charge in [-0.1, -0.05) is 30.9 Å². The Labute approximate surface area is 146 Å². The second-order valence-corrected chi connectivity index (χ2v) is 6.59. The lowest BCUT2D eigenvalue weighted by Crippen LogP contribution is -2.22. The molecule has 0 saturated carbocycles. The van der Waals surface area contributed by atoms with E-state index in [0.717, 1.165) is 12.0 Å².